The van der Waals surface area contributed by atoms with Gasteiger partial charge in [0.1, 0.15) is 4.21 Å². The van der Waals surface area contributed by atoms with Gasteiger partial charge in [-0.25, -0.2) is 0 Å². The molecule has 106 valence electrons. The summed E-state index contributed by atoms with van der Waals surface area (Å²) in [6, 6.07) is 20.7. The van der Waals surface area contributed by atoms with Gasteiger partial charge in [-0.2, -0.15) is 0 Å². The average Bonchev–Trinajstić information content (AvgIpc) is 3.00. The molecule has 2 nitrogen and oxygen atoms in total. The highest BCUT2D eigenvalue weighted by atomic mass is 33.1. The van der Waals surface area contributed by atoms with Crippen LogP contribution in [0.25, 0.3) is 0 Å². The molecule has 0 N–H and O–H groups in total. The molecule has 0 atom stereocenters. The van der Waals surface area contributed by atoms with Crippen LogP contribution < -0.4 is 0 Å². The van der Waals surface area contributed by atoms with Crippen molar-refractivity contribution in [1.29, 1.82) is 0 Å². The Labute approximate surface area is 143 Å². The first-order valence-corrected chi connectivity index (χ1v) is 11.1. The van der Waals surface area contributed by atoms with Crippen LogP contribution in [0.4, 0.5) is 0 Å². The lowest BCUT2D eigenvalue weighted by atomic mass is 10.4. The predicted molar refractivity (Wildman–Crippen MR) is 96.2 cm³/mol. The Morgan fingerprint density at radius 1 is 0.667 bits per heavy atom. The van der Waals surface area contributed by atoms with Gasteiger partial charge in [0.2, 0.25) is 0 Å². The van der Waals surface area contributed by atoms with Crippen LogP contribution in [-0.4, -0.2) is 9.59 Å². The minimum atomic E-state index is 0.988. The summed E-state index contributed by atoms with van der Waals surface area (Å²) in [5.41, 5.74) is 0. The van der Waals surface area contributed by atoms with Crippen molar-refractivity contribution in [2.75, 3.05) is 0 Å². The zero-order valence-corrected chi connectivity index (χ0v) is 14.8. The van der Waals surface area contributed by atoms with Crippen molar-refractivity contribution < 1.29 is 0 Å². The summed E-state index contributed by atoms with van der Waals surface area (Å²) >= 11 is 1.45. The van der Waals surface area contributed by atoms with Gasteiger partial charge in [0, 0.05) is 9.79 Å². The molecule has 0 aliphatic carbocycles. The molecule has 0 unspecified atom stereocenters. The van der Waals surface area contributed by atoms with Gasteiger partial charge in [0.25, 0.3) is 0 Å². The standard InChI is InChI=1S/C14H10N2S5/c1-3-7-11(8-4-1)18-20-13-14(17-16-15-13)21-19-12-9-5-2-6-10-12/h1-10H. The zero-order chi connectivity index (χ0) is 14.3. The van der Waals surface area contributed by atoms with E-state index in [0.29, 0.717) is 0 Å². The lowest BCUT2D eigenvalue weighted by Gasteiger charge is -2.01. The van der Waals surface area contributed by atoms with Crippen LogP contribution in [0.3, 0.4) is 0 Å². The van der Waals surface area contributed by atoms with Crippen molar-refractivity contribution >= 4 is 54.7 Å². The van der Waals surface area contributed by atoms with Gasteiger partial charge in [0.05, 0.1) is 0 Å². The summed E-state index contributed by atoms with van der Waals surface area (Å²) in [5.74, 6) is 0. The third-order valence-electron chi connectivity index (χ3n) is 2.35. The first-order valence-electron chi connectivity index (χ1n) is 6.03. The topological polar surface area (TPSA) is 25.8 Å². The van der Waals surface area contributed by atoms with Crippen LogP contribution in [0.1, 0.15) is 0 Å². The van der Waals surface area contributed by atoms with Crippen molar-refractivity contribution in [3.8, 4) is 0 Å². The van der Waals surface area contributed by atoms with Crippen LogP contribution in [0.15, 0.2) is 79.7 Å². The van der Waals surface area contributed by atoms with E-state index in [1.54, 1.807) is 43.2 Å². The highest BCUT2D eigenvalue weighted by Crippen LogP contribution is 2.46. The minimum Gasteiger partial charge on any atom is -0.129 e. The third-order valence-corrected chi connectivity index (χ3v) is 8.43. The molecule has 0 amide bonds. The molecule has 3 rings (SSSR count). The maximum atomic E-state index is 4.22. The van der Waals surface area contributed by atoms with Gasteiger partial charge in [-0.15, -0.1) is 5.10 Å². The molecule has 21 heavy (non-hydrogen) atoms. The minimum absolute atomic E-state index is 0.988. The zero-order valence-electron chi connectivity index (χ0n) is 10.7. The van der Waals surface area contributed by atoms with Gasteiger partial charge in [-0.1, -0.05) is 62.5 Å². The second-order valence-electron chi connectivity index (χ2n) is 3.82. The molecule has 0 saturated heterocycles. The van der Waals surface area contributed by atoms with Gasteiger partial charge in [-0.3, -0.25) is 0 Å². The Hall–Kier alpha value is -0.600. The summed E-state index contributed by atoms with van der Waals surface area (Å²) < 4.78 is 5.22. The van der Waals surface area contributed by atoms with Gasteiger partial charge in [0.15, 0.2) is 5.03 Å². The van der Waals surface area contributed by atoms with Crippen molar-refractivity contribution in [3.63, 3.8) is 0 Å². The van der Waals surface area contributed by atoms with E-state index in [2.05, 4.69) is 46.0 Å². The van der Waals surface area contributed by atoms with Crippen LogP contribution in [-0.2, 0) is 0 Å². The highest BCUT2D eigenvalue weighted by molar-refractivity contribution is 8.78. The van der Waals surface area contributed by atoms with E-state index >= 15 is 0 Å². The largest absolute Gasteiger partial charge is 0.157 e. The third kappa shape index (κ3) is 4.69. The van der Waals surface area contributed by atoms with Gasteiger partial charge in [-0.05, 0) is 57.4 Å². The normalized spacial score (nSPS) is 10.7. The predicted octanol–water partition coefficient (Wildman–Crippen LogP) is 6.14. The van der Waals surface area contributed by atoms with Crippen molar-refractivity contribution in [2.45, 2.75) is 19.0 Å². The number of aromatic nitrogens is 2. The van der Waals surface area contributed by atoms with E-state index in [1.807, 2.05) is 24.3 Å². The highest BCUT2D eigenvalue weighted by Gasteiger charge is 2.11. The van der Waals surface area contributed by atoms with Crippen LogP contribution in [0.5, 0.6) is 0 Å². The fraction of sp³-hybridized carbons (Fsp3) is 0. The van der Waals surface area contributed by atoms with E-state index in [0.717, 1.165) is 9.24 Å². The molecule has 3 aromatic rings. The number of rotatable bonds is 6. The van der Waals surface area contributed by atoms with Crippen molar-refractivity contribution in [3.05, 3.63) is 60.7 Å². The van der Waals surface area contributed by atoms with Gasteiger partial charge >= 0.3 is 0 Å². The Bertz CT molecular complexity index is 614. The second kappa shape index (κ2) is 8.14. The Morgan fingerprint density at radius 3 is 1.86 bits per heavy atom. The Kier molecular flexibility index (Phi) is 5.93. The molecule has 0 spiro atoms. The van der Waals surface area contributed by atoms with E-state index in [4.69, 9.17) is 0 Å². The maximum absolute atomic E-state index is 4.22. The number of hydrogen-bond donors (Lipinski definition) is 0. The van der Waals surface area contributed by atoms with Crippen LogP contribution >= 0.6 is 54.7 Å². The lowest BCUT2D eigenvalue weighted by Crippen LogP contribution is -1.72. The molecular weight excluding hydrogens is 357 g/mol. The molecule has 0 bridgehead atoms. The molecule has 7 heteroatoms. The van der Waals surface area contributed by atoms with E-state index in [-0.39, 0.29) is 0 Å². The molecule has 1 aromatic heterocycles. The van der Waals surface area contributed by atoms with Gasteiger partial charge < -0.3 is 0 Å². The monoisotopic (exact) mass is 366 g/mol. The quantitative estimate of drug-likeness (QED) is 0.486. The fourth-order valence-corrected chi connectivity index (χ4v) is 6.96. The lowest BCUT2D eigenvalue weighted by molar-refractivity contribution is 1.01. The van der Waals surface area contributed by atoms with E-state index in [9.17, 15) is 0 Å². The Morgan fingerprint density at radius 2 is 1.24 bits per heavy atom. The van der Waals surface area contributed by atoms with Crippen LogP contribution in [0.2, 0.25) is 0 Å². The summed E-state index contributed by atoms with van der Waals surface area (Å²) in [6.45, 7) is 0. The number of nitrogens with zero attached hydrogens (tertiary/aromatic N) is 2. The first-order chi connectivity index (χ1) is 10.4. The SMILES string of the molecule is c1ccc(SSc2nnsc2SSc2ccccc2)cc1. The molecule has 0 fully saturated rings. The van der Waals surface area contributed by atoms with E-state index < -0.39 is 0 Å². The average molecular weight is 367 g/mol. The van der Waals surface area contributed by atoms with E-state index in [1.165, 1.54) is 21.3 Å². The molecular formula is C14H10N2S5. The van der Waals surface area contributed by atoms with Crippen molar-refractivity contribution in [2.24, 2.45) is 0 Å². The maximum Gasteiger partial charge on any atom is 0.157 e. The molecule has 0 saturated carbocycles. The second-order valence-corrected chi connectivity index (χ2v) is 9.24. The summed E-state index contributed by atoms with van der Waals surface area (Å²) in [5, 5.41) is 5.21. The number of hydrogen-bond acceptors (Lipinski definition) is 7. The van der Waals surface area contributed by atoms with Crippen molar-refractivity contribution in [1.82, 2.24) is 9.59 Å². The first kappa shape index (κ1) is 15.3. The summed E-state index contributed by atoms with van der Waals surface area (Å²) in [7, 11) is 6.83. The molecule has 0 aliphatic heterocycles. The molecule has 1 heterocycles. The smallest absolute Gasteiger partial charge is 0.129 e. The Balaban J connectivity index is 1.59. The molecule has 0 radical (unpaired) electrons. The number of benzene rings is 2. The molecule has 0 aliphatic rings. The van der Waals surface area contributed by atoms with Crippen LogP contribution in [0, 0.1) is 0 Å². The summed E-state index contributed by atoms with van der Waals surface area (Å²) in [4.78, 5) is 2.46. The fourth-order valence-electron chi connectivity index (χ4n) is 1.40. The molecule has 2 aromatic carbocycles. The summed E-state index contributed by atoms with van der Waals surface area (Å²) in [6.07, 6.45) is 0.